The average molecular weight is 316 g/mol. The fourth-order valence-electron chi connectivity index (χ4n) is 2.42. The lowest BCUT2D eigenvalue weighted by Crippen LogP contribution is -2.12. The van der Waals surface area contributed by atoms with Gasteiger partial charge < -0.3 is 9.47 Å². The number of ether oxygens (including phenoxy) is 2. The predicted molar refractivity (Wildman–Crippen MR) is 85.1 cm³/mol. The fraction of sp³-hybridized carbons (Fsp3) is 0.412. The van der Waals surface area contributed by atoms with Crippen molar-refractivity contribution >= 4 is 22.7 Å². The van der Waals surface area contributed by atoms with Gasteiger partial charge in [-0.25, -0.2) is 4.79 Å². The number of fused-ring (bicyclic) bond motifs is 1. The normalized spacial score (nSPS) is 10.6. The molecule has 1 heterocycles. The molecule has 1 aromatic heterocycles. The van der Waals surface area contributed by atoms with E-state index in [1.54, 1.807) is 13.8 Å². The third-order valence-corrected chi connectivity index (χ3v) is 3.43. The van der Waals surface area contributed by atoms with Crippen molar-refractivity contribution in [3.63, 3.8) is 0 Å². The third-order valence-electron chi connectivity index (χ3n) is 3.43. The molecule has 0 spiro atoms. The molecule has 0 saturated carbocycles. The molecular weight excluding hydrogens is 296 g/mol. The first-order valence-corrected chi connectivity index (χ1v) is 7.57. The van der Waals surface area contributed by atoms with Gasteiger partial charge in [0.1, 0.15) is 12.3 Å². The number of esters is 2. The van der Waals surface area contributed by atoms with Crippen molar-refractivity contribution in [3.05, 3.63) is 34.6 Å². The van der Waals surface area contributed by atoms with Crippen LogP contribution in [0.5, 0.6) is 0 Å². The molecule has 0 N–H and O–H groups in total. The van der Waals surface area contributed by atoms with Gasteiger partial charge in [-0.1, -0.05) is 18.6 Å². The van der Waals surface area contributed by atoms with Gasteiger partial charge in [0, 0.05) is 17.2 Å². The average Bonchev–Trinajstić information content (AvgIpc) is 2.52. The van der Waals surface area contributed by atoms with Crippen LogP contribution in [0.4, 0.5) is 0 Å². The highest BCUT2D eigenvalue weighted by Crippen LogP contribution is 2.26. The summed E-state index contributed by atoms with van der Waals surface area (Å²) in [5, 5.41) is 9.52. The number of carbonyl (C=O) groups is 2. The van der Waals surface area contributed by atoms with Crippen LogP contribution in [0.15, 0.2) is 12.1 Å². The van der Waals surface area contributed by atoms with E-state index in [4.69, 9.17) is 9.47 Å². The van der Waals surface area contributed by atoms with Crippen LogP contribution in [-0.2, 0) is 20.9 Å². The number of hydrogen-bond donors (Lipinski definition) is 0. The van der Waals surface area contributed by atoms with E-state index in [0.29, 0.717) is 17.5 Å². The molecule has 2 rings (SSSR count). The van der Waals surface area contributed by atoms with Gasteiger partial charge in [0.25, 0.3) is 0 Å². The van der Waals surface area contributed by atoms with Gasteiger partial charge in [-0.2, -0.15) is 5.10 Å². The summed E-state index contributed by atoms with van der Waals surface area (Å²) in [6, 6.07) is 3.88. The topological polar surface area (TPSA) is 78.4 Å². The van der Waals surface area contributed by atoms with Gasteiger partial charge >= 0.3 is 11.9 Å². The van der Waals surface area contributed by atoms with E-state index in [1.807, 2.05) is 26.0 Å². The van der Waals surface area contributed by atoms with Crippen molar-refractivity contribution in [1.29, 1.82) is 0 Å². The van der Waals surface area contributed by atoms with Crippen molar-refractivity contribution in [2.75, 3.05) is 6.61 Å². The third kappa shape index (κ3) is 3.64. The Morgan fingerprint density at radius 2 is 1.83 bits per heavy atom. The Morgan fingerprint density at radius 1 is 1.09 bits per heavy atom. The minimum absolute atomic E-state index is 0.0299. The first kappa shape index (κ1) is 16.9. The van der Waals surface area contributed by atoms with Gasteiger partial charge in [0.15, 0.2) is 5.69 Å². The maximum Gasteiger partial charge on any atom is 0.359 e. The van der Waals surface area contributed by atoms with E-state index in [-0.39, 0.29) is 24.9 Å². The summed E-state index contributed by atoms with van der Waals surface area (Å²) in [7, 11) is 0. The zero-order valence-corrected chi connectivity index (χ0v) is 13.8. The van der Waals surface area contributed by atoms with Gasteiger partial charge in [-0.3, -0.25) is 4.79 Å². The second-order valence-corrected chi connectivity index (χ2v) is 5.23. The lowest BCUT2D eigenvalue weighted by molar-refractivity contribution is -0.144. The van der Waals surface area contributed by atoms with E-state index in [0.717, 1.165) is 16.5 Å². The summed E-state index contributed by atoms with van der Waals surface area (Å²) in [5.74, 6) is -0.812. The second-order valence-electron chi connectivity index (χ2n) is 5.23. The van der Waals surface area contributed by atoms with E-state index < -0.39 is 5.97 Å². The SMILES string of the molecule is CCOC(=O)c1nnc(COC(=O)CC)c2cc(C)cc(C)c12. The minimum atomic E-state index is -0.506. The van der Waals surface area contributed by atoms with Crippen LogP contribution in [0.25, 0.3) is 10.8 Å². The number of nitrogens with zero attached hydrogens (tertiary/aromatic N) is 2. The molecular formula is C17H20N2O4. The van der Waals surface area contributed by atoms with E-state index >= 15 is 0 Å². The predicted octanol–water partition coefficient (Wildman–Crippen LogP) is 2.88. The molecule has 23 heavy (non-hydrogen) atoms. The van der Waals surface area contributed by atoms with Crippen LogP contribution in [0, 0.1) is 13.8 Å². The Kier molecular flexibility index (Phi) is 5.26. The number of rotatable bonds is 5. The zero-order chi connectivity index (χ0) is 17.0. The van der Waals surface area contributed by atoms with Crippen LogP contribution in [0.2, 0.25) is 0 Å². The highest BCUT2D eigenvalue weighted by atomic mass is 16.5. The van der Waals surface area contributed by atoms with E-state index in [2.05, 4.69) is 10.2 Å². The monoisotopic (exact) mass is 316 g/mol. The number of benzene rings is 1. The number of carbonyl (C=O) groups excluding carboxylic acids is 2. The van der Waals surface area contributed by atoms with Crippen LogP contribution in [0.1, 0.15) is 47.6 Å². The van der Waals surface area contributed by atoms with Crippen molar-refractivity contribution in [1.82, 2.24) is 10.2 Å². The Morgan fingerprint density at radius 3 is 2.48 bits per heavy atom. The maximum atomic E-state index is 12.1. The van der Waals surface area contributed by atoms with Crippen molar-refractivity contribution in [2.24, 2.45) is 0 Å². The largest absolute Gasteiger partial charge is 0.461 e. The molecule has 0 amide bonds. The highest BCUT2D eigenvalue weighted by molar-refractivity contribution is 6.04. The molecule has 122 valence electrons. The van der Waals surface area contributed by atoms with Crippen LogP contribution in [-0.4, -0.2) is 28.7 Å². The second kappa shape index (κ2) is 7.17. The van der Waals surface area contributed by atoms with Gasteiger partial charge in [-0.15, -0.1) is 5.10 Å². The first-order valence-electron chi connectivity index (χ1n) is 7.57. The molecule has 6 heteroatoms. The highest BCUT2D eigenvalue weighted by Gasteiger charge is 2.19. The summed E-state index contributed by atoms with van der Waals surface area (Å²) in [5.41, 5.74) is 2.65. The van der Waals surface area contributed by atoms with Crippen LogP contribution in [0.3, 0.4) is 0 Å². The zero-order valence-electron chi connectivity index (χ0n) is 13.8. The number of aryl methyl sites for hydroxylation is 2. The van der Waals surface area contributed by atoms with Crippen molar-refractivity contribution < 1.29 is 19.1 Å². The molecule has 0 unspecified atom stereocenters. The molecule has 6 nitrogen and oxygen atoms in total. The summed E-state index contributed by atoms with van der Waals surface area (Å²) in [4.78, 5) is 23.5. The number of hydrogen-bond acceptors (Lipinski definition) is 6. The summed E-state index contributed by atoms with van der Waals surface area (Å²) < 4.78 is 10.2. The minimum Gasteiger partial charge on any atom is -0.461 e. The lowest BCUT2D eigenvalue weighted by Gasteiger charge is -2.12. The lowest BCUT2D eigenvalue weighted by atomic mass is 10.0. The summed E-state index contributed by atoms with van der Waals surface area (Å²) in [6.07, 6.45) is 0.296. The molecule has 0 bridgehead atoms. The molecule has 0 saturated heterocycles. The van der Waals surface area contributed by atoms with Crippen molar-refractivity contribution in [2.45, 2.75) is 40.7 Å². The Labute approximate surface area is 134 Å². The quantitative estimate of drug-likeness (QED) is 0.789. The van der Waals surface area contributed by atoms with Gasteiger partial charge in [-0.05, 0) is 32.4 Å². The maximum absolute atomic E-state index is 12.1. The molecule has 0 radical (unpaired) electrons. The molecule has 1 aromatic carbocycles. The summed E-state index contributed by atoms with van der Waals surface area (Å²) in [6.45, 7) is 7.62. The molecule has 0 aliphatic heterocycles. The van der Waals surface area contributed by atoms with E-state index in [1.165, 1.54) is 0 Å². The standard InChI is InChI=1S/C17H20N2O4/c1-5-14(20)23-9-13-12-8-10(3)7-11(4)15(12)16(19-18-13)17(21)22-6-2/h7-8H,5-6,9H2,1-4H3. The Balaban J connectivity index is 2.57. The van der Waals surface area contributed by atoms with Crippen LogP contribution < -0.4 is 0 Å². The first-order chi connectivity index (χ1) is 11.0. The van der Waals surface area contributed by atoms with Gasteiger partial charge in [0.05, 0.1) is 6.61 Å². The molecule has 0 aliphatic carbocycles. The summed E-state index contributed by atoms with van der Waals surface area (Å²) >= 11 is 0. The van der Waals surface area contributed by atoms with Crippen LogP contribution >= 0.6 is 0 Å². The molecule has 2 aromatic rings. The molecule has 0 aliphatic rings. The van der Waals surface area contributed by atoms with Gasteiger partial charge in [0.2, 0.25) is 0 Å². The number of aromatic nitrogens is 2. The smallest absolute Gasteiger partial charge is 0.359 e. The molecule has 0 fully saturated rings. The Bertz CT molecular complexity index is 756. The Hall–Kier alpha value is -2.50. The van der Waals surface area contributed by atoms with E-state index in [9.17, 15) is 9.59 Å². The molecule has 0 atom stereocenters. The van der Waals surface area contributed by atoms with Crippen molar-refractivity contribution in [3.8, 4) is 0 Å². The fourth-order valence-corrected chi connectivity index (χ4v) is 2.42.